The van der Waals surface area contributed by atoms with Crippen LogP contribution in [-0.2, 0) is 6.61 Å². The van der Waals surface area contributed by atoms with E-state index in [2.05, 4.69) is 9.97 Å². The van der Waals surface area contributed by atoms with E-state index in [0.717, 1.165) is 5.76 Å². The van der Waals surface area contributed by atoms with Crippen molar-refractivity contribution in [2.45, 2.75) is 13.5 Å². The summed E-state index contributed by atoms with van der Waals surface area (Å²) >= 11 is 0. The van der Waals surface area contributed by atoms with E-state index in [9.17, 15) is 0 Å². The zero-order chi connectivity index (χ0) is 9.97. The normalized spacial score (nSPS) is 10.4. The van der Waals surface area contributed by atoms with Gasteiger partial charge in [0.15, 0.2) is 11.6 Å². The van der Waals surface area contributed by atoms with E-state index in [1.54, 1.807) is 12.3 Å². The topological polar surface area (TPSA) is 59.2 Å². The molecule has 0 aliphatic rings. The Morgan fingerprint density at radius 2 is 2.21 bits per heavy atom. The summed E-state index contributed by atoms with van der Waals surface area (Å²) in [4.78, 5) is 8.01. The van der Waals surface area contributed by atoms with Gasteiger partial charge in [0, 0.05) is 6.20 Å². The first-order valence-electron chi connectivity index (χ1n) is 4.29. The Balaban J connectivity index is 2.41. The summed E-state index contributed by atoms with van der Waals surface area (Å²) in [7, 11) is 0. The molecule has 4 heteroatoms. The number of rotatable bonds is 2. The maximum Gasteiger partial charge on any atom is 0.154 e. The predicted molar refractivity (Wildman–Crippen MR) is 50.4 cm³/mol. The molecule has 0 atom stereocenters. The molecule has 0 saturated heterocycles. The average Bonchev–Trinajstić information content (AvgIpc) is 2.65. The summed E-state index contributed by atoms with van der Waals surface area (Å²) in [6.07, 6.45) is 1.60. The van der Waals surface area contributed by atoms with Gasteiger partial charge in [0.05, 0.1) is 0 Å². The van der Waals surface area contributed by atoms with Crippen molar-refractivity contribution in [2.75, 3.05) is 0 Å². The van der Waals surface area contributed by atoms with Gasteiger partial charge in [0.1, 0.15) is 18.1 Å². The lowest BCUT2D eigenvalue weighted by Gasteiger charge is -1.97. The van der Waals surface area contributed by atoms with Gasteiger partial charge in [-0.25, -0.2) is 9.97 Å². The summed E-state index contributed by atoms with van der Waals surface area (Å²) in [6, 6.07) is 5.46. The summed E-state index contributed by atoms with van der Waals surface area (Å²) in [5.41, 5.74) is 0.692. The van der Waals surface area contributed by atoms with Gasteiger partial charge in [-0.15, -0.1) is 0 Å². The van der Waals surface area contributed by atoms with Crippen LogP contribution in [0.1, 0.15) is 11.6 Å². The molecule has 0 saturated carbocycles. The minimum Gasteiger partial charge on any atom is -0.460 e. The highest BCUT2D eigenvalue weighted by molar-refractivity contribution is 5.51. The Labute approximate surface area is 81.2 Å². The summed E-state index contributed by atoms with van der Waals surface area (Å²) in [5, 5.41) is 8.86. The lowest BCUT2D eigenvalue weighted by atomic mass is 10.3. The smallest absolute Gasteiger partial charge is 0.154 e. The van der Waals surface area contributed by atoms with Crippen LogP contribution in [0.25, 0.3) is 11.5 Å². The third kappa shape index (κ3) is 1.65. The summed E-state index contributed by atoms with van der Waals surface area (Å²) in [5.74, 6) is 1.93. The predicted octanol–water partition coefficient (Wildman–Crippen LogP) is 1.54. The van der Waals surface area contributed by atoms with Crippen molar-refractivity contribution in [1.82, 2.24) is 9.97 Å². The number of nitrogens with zero attached hydrogens (tertiary/aromatic N) is 2. The number of aliphatic hydroxyl groups is 1. The lowest BCUT2D eigenvalue weighted by molar-refractivity contribution is 0.271. The number of aryl methyl sites for hydroxylation is 1. The van der Waals surface area contributed by atoms with Gasteiger partial charge >= 0.3 is 0 Å². The molecule has 0 fully saturated rings. The number of aromatic nitrogens is 2. The lowest BCUT2D eigenvalue weighted by Crippen LogP contribution is -1.94. The number of hydrogen-bond donors (Lipinski definition) is 1. The van der Waals surface area contributed by atoms with Crippen molar-refractivity contribution in [3.63, 3.8) is 0 Å². The van der Waals surface area contributed by atoms with Crippen molar-refractivity contribution in [1.29, 1.82) is 0 Å². The van der Waals surface area contributed by atoms with Crippen LogP contribution in [0.5, 0.6) is 0 Å². The minimum atomic E-state index is -0.159. The molecule has 0 aromatic carbocycles. The second-order valence-electron chi connectivity index (χ2n) is 2.93. The first kappa shape index (κ1) is 8.90. The SMILES string of the molecule is Cc1ccc(-c2ccnc(CO)n2)o1. The van der Waals surface area contributed by atoms with Gasteiger partial charge in [-0.3, -0.25) is 0 Å². The zero-order valence-electron chi connectivity index (χ0n) is 7.77. The third-order valence-electron chi connectivity index (χ3n) is 1.84. The molecule has 2 aromatic rings. The zero-order valence-corrected chi connectivity index (χ0v) is 7.77. The van der Waals surface area contributed by atoms with Gasteiger partial charge < -0.3 is 9.52 Å². The van der Waals surface area contributed by atoms with Gasteiger partial charge in [-0.1, -0.05) is 0 Å². The van der Waals surface area contributed by atoms with Crippen LogP contribution in [0.15, 0.2) is 28.8 Å². The summed E-state index contributed by atoms with van der Waals surface area (Å²) in [6.45, 7) is 1.71. The van der Waals surface area contributed by atoms with Gasteiger partial charge in [-0.05, 0) is 25.1 Å². The molecule has 2 aromatic heterocycles. The standard InChI is InChI=1S/C10H10N2O2/c1-7-2-3-9(14-7)8-4-5-11-10(6-13)12-8/h2-5,13H,6H2,1H3. The van der Waals surface area contributed by atoms with E-state index >= 15 is 0 Å². The fourth-order valence-electron chi connectivity index (χ4n) is 1.18. The average molecular weight is 190 g/mol. The highest BCUT2D eigenvalue weighted by atomic mass is 16.3. The highest BCUT2D eigenvalue weighted by Gasteiger charge is 2.04. The van der Waals surface area contributed by atoms with Crippen LogP contribution in [0.2, 0.25) is 0 Å². The van der Waals surface area contributed by atoms with Crippen LogP contribution in [0.4, 0.5) is 0 Å². The number of furan rings is 1. The van der Waals surface area contributed by atoms with E-state index < -0.39 is 0 Å². The quantitative estimate of drug-likeness (QED) is 0.780. The van der Waals surface area contributed by atoms with Gasteiger partial charge in [0.25, 0.3) is 0 Å². The minimum absolute atomic E-state index is 0.159. The van der Waals surface area contributed by atoms with E-state index in [-0.39, 0.29) is 6.61 Å². The largest absolute Gasteiger partial charge is 0.460 e. The fourth-order valence-corrected chi connectivity index (χ4v) is 1.18. The molecular weight excluding hydrogens is 180 g/mol. The number of hydrogen-bond acceptors (Lipinski definition) is 4. The van der Waals surface area contributed by atoms with Crippen LogP contribution >= 0.6 is 0 Å². The van der Waals surface area contributed by atoms with Crippen molar-refractivity contribution >= 4 is 0 Å². The molecule has 0 spiro atoms. The molecule has 0 amide bonds. The molecule has 0 unspecified atom stereocenters. The Bertz CT molecular complexity index is 437. The Kier molecular flexibility index (Phi) is 2.28. The van der Waals surface area contributed by atoms with Crippen molar-refractivity contribution < 1.29 is 9.52 Å². The van der Waals surface area contributed by atoms with Crippen molar-refractivity contribution in [3.05, 3.63) is 36.0 Å². The monoisotopic (exact) mass is 190 g/mol. The number of aliphatic hydroxyl groups excluding tert-OH is 1. The maximum atomic E-state index is 8.86. The molecule has 1 N–H and O–H groups in total. The summed E-state index contributed by atoms with van der Waals surface area (Å²) < 4.78 is 5.40. The Morgan fingerprint density at radius 1 is 1.36 bits per heavy atom. The third-order valence-corrected chi connectivity index (χ3v) is 1.84. The van der Waals surface area contributed by atoms with Gasteiger partial charge in [-0.2, -0.15) is 0 Å². The molecule has 0 aliphatic carbocycles. The van der Waals surface area contributed by atoms with Crippen molar-refractivity contribution in [3.8, 4) is 11.5 Å². The second kappa shape index (κ2) is 3.59. The van der Waals surface area contributed by atoms with E-state index in [4.69, 9.17) is 9.52 Å². The molecule has 72 valence electrons. The Morgan fingerprint density at radius 3 is 2.86 bits per heavy atom. The fraction of sp³-hybridized carbons (Fsp3) is 0.200. The molecule has 14 heavy (non-hydrogen) atoms. The molecular formula is C10H10N2O2. The highest BCUT2D eigenvalue weighted by Crippen LogP contribution is 2.18. The van der Waals surface area contributed by atoms with Crippen molar-refractivity contribution in [2.24, 2.45) is 0 Å². The first-order chi connectivity index (χ1) is 6.79. The maximum absolute atomic E-state index is 8.86. The second-order valence-corrected chi connectivity index (χ2v) is 2.93. The van der Waals surface area contributed by atoms with E-state index in [0.29, 0.717) is 17.3 Å². The molecule has 0 bridgehead atoms. The van der Waals surface area contributed by atoms with E-state index in [1.807, 2.05) is 19.1 Å². The van der Waals surface area contributed by atoms with Crippen LogP contribution in [0, 0.1) is 6.92 Å². The van der Waals surface area contributed by atoms with E-state index in [1.165, 1.54) is 0 Å². The van der Waals surface area contributed by atoms with Crippen LogP contribution < -0.4 is 0 Å². The molecule has 2 heterocycles. The van der Waals surface area contributed by atoms with Crippen LogP contribution in [0.3, 0.4) is 0 Å². The Hall–Kier alpha value is -1.68. The molecule has 4 nitrogen and oxygen atoms in total. The van der Waals surface area contributed by atoms with Crippen LogP contribution in [-0.4, -0.2) is 15.1 Å². The molecule has 0 radical (unpaired) electrons. The molecule has 0 aliphatic heterocycles. The molecule has 2 rings (SSSR count). The first-order valence-corrected chi connectivity index (χ1v) is 4.29. The van der Waals surface area contributed by atoms with Gasteiger partial charge in [0.2, 0.25) is 0 Å².